The average Bonchev–Trinajstić information content (AvgIpc) is 0.722. The van der Waals surface area contributed by atoms with Gasteiger partial charge in [0.2, 0.25) is 0 Å². The fourth-order valence-electron chi connectivity index (χ4n) is 0. The van der Waals surface area contributed by atoms with Crippen LogP contribution < -0.4 is 5.73 Å². The van der Waals surface area contributed by atoms with Gasteiger partial charge in [-0.25, -0.2) is 0 Å². The first-order valence-electron chi connectivity index (χ1n) is 1.50. The van der Waals surface area contributed by atoms with E-state index in [4.69, 9.17) is 5.73 Å². The maximum atomic E-state index is 5.13. The standard InChI is InChI=1S/C4H9N/c1-4(2,3)5/h1-2,5H2,3H3. The minimum Gasteiger partial charge on any atom is -0.325 e. The minimum atomic E-state index is -0.500. The molecule has 0 amide bonds. The molecular weight excluding hydrogens is 62.1 g/mol. The molecule has 0 aliphatic rings. The van der Waals surface area contributed by atoms with E-state index in [0.717, 1.165) is 0 Å². The van der Waals surface area contributed by atoms with Crippen molar-refractivity contribution in [3.05, 3.63) is 13.8 Å². The van der Waals surface area contributed by atoms with Crippen molar-refractivity contribution in [2.75, 3.05) is 0 Å². The number of hydrogen-bond acceptors (Lipinski definition) is 1. The molecule has 0 bridgehead atoms. The fraction of sp³-hybridized carbons (Fsp3) is 0.500. The van der Waals surface area contributed by atoms with Gasteiger partial charge < -0.3 is 5.73 Å². The Kier molecular flexibility index (Phi) is 0.969. The first-order valence-corrected chi connectivity index (χ1v) is 1.50. The van der Waals surface area contributed by atoms with Gasteiger partial charge in [0, 0.05) is 5.54 Å². The highest BCUT2D eigenvalue weighted by molar-refractivity contribution is 4.82. The molecule has 0 heterocycles. The van der Waals surface area contributed by atoms with E-state index >= 15 is 0 Å². The molecule has 0 saturated heterocycles. The van der Waals surface area contributed by atoms with E-state index in [1.165, 1.54) is 0 Å². The van der Waals surface area contributed by atoms with E-state index in [9.17, 15) is 0 Å². The normalized spacial score (nSPS) is 12.0. The maximum Gasteiger partial charge on any atom is 0.0127 e. The van der Waals surface area contributed by atoms with Crippen LogP contribution in [-0.4, -0.2) is 5.54 Å². The van der Waals surface area contributed by atoms with Crippen LogP contribution in [0.5, 0.6) is 0 Å². The molecule has 2 radical (unpaired) electrons. The molecular formula is C4H9N. The Morgan fingerprint density at radius 2 is 1.60 bits per heavy atom. The van der Waals surface area contributed by atoms with Crippen LogP contribution in [0.2, 0.25) is 0 Å². The summed E-state index contributed by atoms with van der Waals surface area (Å²) in [6, 6.07) is 0. The van der Waals surface area contributed by atoms with Crippen LogP contribution >= 0.6 is 0 Å². The molecule has 1 heteroatoms. The Balaban J connectivity index is 3.02. The molecule has 0 aromatic rings. The topological polar surface area (TPSA) is 26.0 Å². The third-order valence-corrected chi connectivity index (χ3v) is 0. The summed E-state index contributed by atoms with van der Waals surface area (Å²) in [5.41, 5.74) is 4.63. The van der Waals surface area contributed by atoms with E-state index in [1.54, 1.807) is 6.92 Å². The molecule has 0 aromatic carbocycles. The zero-order valence-electron chi connectivity index (χ0n) is 3.49. The number of hydrogen-bond donors (Lipinski definition) is 1. The van der Waals surface area contributed by atoms with E-state index in [2.05, 4.69) is 13.8 Å². The summed E-state index contributed by atoms with van der Waals surface area (Å²) in [5, 5.41) is 0. The lowest BCUT2D eigenvalue weighted by molar-refractivity contribution is 0.726. The Morgan fingerprint density at radius 1 is 1.60 bits per heavy atom. The minimum absolute atomic E-state index is 0.500. The molecule has 1 nitrogen and oxygen atoms in total. The third kappa shape index (κ3) is 9510. The Bertz CT molecular complexity index is 19.1. The molecule has 0 aromatic heterocycles. The summed E-state index contributed by atoms with van der Waals surface area (Å²) in [4.78, 5) is 0. The molecule has 0 atom stereocenters. The van der Waals surface area contributed by atoms with Gasteiger partial charge in [-0.05, 0) is 20.8 Å². The first-order chi connectivity index (χ1) is 2.00. The van der Waals surface area contributed by atoms with Gasteiger partial charge in [0.05, 0.1) is 0 Å². The molecule has 0 aliphatic carbocycles. The van der Waals surface area contributed by atoms with Gasteiger partial charge in [-0.15, -0.1) is 0 Å². The van der Waals surface area contributed by atoms with Gasteiger partial charge in [0.15, 0.2) is 0 Å². The quantitative estimate of drug-likeness (QED) is 0.438. The summed E-state index contributed by atoms with van der Waals surface area (Å²) in [6.45, 7) is 8.62. The molecule has 0 rings (SSSR count). The lowest BCUT2D eigenvalue weighted by atomic mass is 10.1. The Morgan fingerprint density at radius 3 is 1.60 bits per heavy atom. The first kappa shape index (κ1) is 4.96. The van der Waals surface area contributed by atoms with Gasteiger partial charge in [-0.3, -0.25) is 0 Å². The van der Waals surface area contributed by atoms with E-state index in [0.29, 0.717) is 0 Å². The average molecular weight is 71.1 g/mol. The van der Waals surface area contributed by atoms with E-state index < -0.39 is 5.54 Å². The second-order valence-electron chi connectivity index (χ2n) is 1.65. The van der Waals surface area contributed by atoms with Crippen molar-refractivity contribution in [3.8, 4) is 0 Å². The maximum absolute atomic E-state index is 5.13. The highest BCUT2D eigenvalue weighted by atomic mass is 14.7. The van der Waals surface area contributed by atoms with Crippen LogP contribution in [0.3, 0.4) is 0 Å². The van der Waals surface area contributed by atoms with Crippen LogP contribution in [0.15, 0.2) is 0 Å². The largest absolute Gasteiger partial charge is 0.325 e. The molecule has 0 unspecified atom stereocenters. The number of rotatable bonds is 0. The lowest BCUT2D eigenvalue weighted by Crippen LogP contribution is -2.27. The highest BCUT2D eigenvalue weighted by Gasteiger charge is 1.96. The highest BCUT2D eigenvalue weighted by Crippen LogP contribution is 1.86. The zero-order valence-corrected chi connectivity index (χ0v) is 3.49. The summed E-state index contributed by atoms with van der Waals surface area (Å²) < 4.78 is 0. The van der Waals surface area contributed by atoms with Crippen LogP contribution in [0.25, 0.3) is 0 Å². The molecule has 2 N–H and O–H groups in total. The van der Waals surface area contributed by atoms with Gasteiger partial charge in [0.25, 0.3) is 0 Å². The third-order valence-electron chi connectivity index (χ3n) is 0. The molecule has 0 aliphatic heterocycles. The Labute approximate surface area is 33.2 Å². The van der Waals surface area contributed by atoms with Gasteiger partial charge in [0.1, 0.15) is 0 Å². The van der Waals surface area contributed by atoms with Gasteiger partial charge in [-0.1, -0.05) is 0 Å². The van der Waals surface area contributed by atoms with Crippen LogP contribution in [-0.2, 0) is 0 Å². The summed E-state index contributed by atoms with van der Waals surface area (Å²) in [6.07, 6.45) is 0. The lowest BCUT2D eigenvalue weighted by Gasteiger charge is -2.05. The van der Waals surface area contributed by atoms with Crippen LogP contribution in [0, 0.1) is 13.8 Å². The van der Waals surface area contributed by atoms with Crippen molar-refractivity contribution in [2.24, 2.45) is 5.73 Å². The van der Waals surface area contributed by atoms with E-state index in [-0.39, 0.29) is 0 Å². The van der Waals surface area contributed by atoms with Crippen molar-refractivity contribution in [2.45, 2.75) is 12.5 Å². The van der Waals surface area contributed by atoms with Crippen molar-refractivity contribution in [1.29, 1.82) is 0 Å². The monoisotopic (exact) mass is 71.1 g/mol. The smallest absolute Gasteiger partial charge is 0.0127 e. The summed E-state index contributed by atoms with van der Waals surface area (Å²) in [5.74, 6) is 0. The molecule has 0 fully saturated rings. The molecule has 30 valence electrons. The van der Waals surface area contributed by atoms with Crippen molar-refractivity contribution < 1.29 is 0 Å². The van der Waals surface area contributed by atoms with Crippen LogP contribution in [0.4, 0.5) is 0 Å². The molecule has 5 heavy (non-hydrogen) atoms. The second-order valence-corrected chi connectivity index (χ2v) is 1.65. The fourth-order valence-corrected chi connectivity index (χ4v) is 0. The van der Waals surface area contributed by atoms with E-state index in [1.807, 2.05) is 0 Å². The molecule has 0 saturated carbocycles. The predicted molar refractivity (Wildman–Crippen MR) is 23.3 cm³/mol. The Hall–Kier alpha value is -0.0400. The van der Waals surface area contributed by atoms with Gasteiger partial charge in [-0.2, -0.15) is 0 Å². The number of nitrogens with two attached hydrogens (primary N) is 1. The van der Waals surface area contributed by atoms with Crippen LogP contribution in [0.1, 0.15) is 6.92 Å². The van der Waals surface area contributed by atoms with Gasteiger partial charge >= 0.3 is 0 Å². The predicted octanol–water partition coefficient (Wildman–Crippen LogP) is 0.372. The molecule has 0 spiro atoms. The SMILES string of the molecule is [CH2]C([CH2])(C)N. The summed E-state index contributed by atoms with van der Waals surface area (Å²) in [7, 11) is 0. The van der Waals surface area contributed by atoms with Crippen molar-refractivity contribution in [3.63, 3.8) is 0 Å². The van der Waals surface area contributed by atoms with Crippen molar-refractivity contribution in [1.82, 2.24) is 0 Å². The zero-order chi connectivity index (χ0) is 4.50. The summed E-state index contributed by atoms with van der Waals surface area (Å²) >= 11 is 0. The van der Waals surface area contributed by atoms with Crippen molar-refractivity contribution >= 4 is 0 Å². The second kappa shape index (κ2) is 0.977.